The molecule has 0 heterocycles. The number of benzene rings is 1. The quantitative estimate of drug-likeness (QED) is 0.803. The van der Waals surface area contributed by atoms with Crippen molar-refractivity contribution in [1.82, 2.24) is 5.32 Å². The fraction of sp³-hybridized carbons (Fsp3) is 0.538. The Morgan fingerprint density at radius 3 is 3.07 bits per heavy atom. The van der Waals surface area contributed by atoms with Crippen LogP contribution in [0.5, 0.6) is 0 Å². The third-order valence-corrected chi connectivity index (χ3v) is 3.39. The second-order valence-electron chi connectivity index (χ2n) is 4.30. The highest BCUT2D eigenvalue weighted by Gasteiger charge is 2.28. The van der Waals surface area contributed by atoms with Crippen LogP contribution in [0.3, 0.4) is 0 Å². The summed E-state index contributed by atoms with van der Waals surface area (Å²) in [6.45, 7) is 5.27. The van der Waals surface area contributed by atoms with Gasteiger partial charge in [0, 0.05) is 6.04 Å². The average molecular weight is 207 g/mol. The Labute approximate surface area is 90.7 Å². The van der Waals surface area contributed by atoms with E-state index in [0.29, 0.717) is 12.0 Å². The van der Waals surface area contributed by atoms with E-state index >= 15 is 0 Å². The molecule has 2 rings (SSSR count). The summed E-state index contributed by atoms with van der Waals surface area (Å²) >= 11 is 0. The molecular weight excluding hydrogens is 189 g/mol. The molecule has 0 amide bonds. The summed E-state index contributed by atoms with van der Waals surface area (Å²) in [5, 5.41) is 3.43. The highest BCUT2D eigenvalue weighted by atomic mass is 19.1. The van der Waals surface area contributed by atoms with Crippen LogP contribution in [0.2, 0.25) is 0 Å². The van der Waals surface area contributed by atoms with Gasteiger partial charge in [-0.1, -0.05) is 19.1 Å². The summed E-state index contributed by atoms with van der Waals surface area (Å²) in [4.78, 5) is 0. The smallest absolute Gasteiger partial charge is 0.126 e. The van der Waals surface area contributed by atoms with Crippen molar-refractivity contribution in [3.8, 4) is 0 Å². The van der Waals surface area contributed by atoms with Crippen molar-refractivity contribution in [2.24, 2.45) is 0 Å². The molecule has 1 N–H and O–H groups in total. The van der Waals surface area contributed by atoms with Crippen LogP contribution < -0.4 is 5.32 Å². The van der Waals surface area contributed by atoms with Crippen molar-refractivity contribution in [2.75, 3.05) is 6.54 Å². The molecule has 0 saturated heterocycles. The largest absolute Gasteiger partial charge is 0.314 e. The molecule has 1 aromatic rings. The molecule has 0 aromatic heterocycles. The van der Waals surface area contributed by atoms with Crippen molar-refractivity contribution >= 4 is 0 Å². The minimum absolute atomic E-state index is 0.0290. The minimum atomic E-state index is -0.0290. The maximum Gasteiger partial charge on any atom is 0.126 e. The van der Waals surface area contributed by atoms with E-state index in [4.69, 9.17) is 0 Å². The first-order valence-corrected chi connectivity index (χ1v) is 5.74. The van der Waals surface area contributed by atoms with Gasteiger partial charge in [-0.05, 0) is 49.4 Å². The Balaban J connectivity index is 2.25. The molecule has 1 aromatic carbocycles. The van der Waals surface area contributed by atoms with Crippen LogP contribution in [0, 0.1) is 5.82 Å². The lowest BCUT2D eigenvalue weighted by atomic mass is 9.94. The zero-order valence-electron chi connectivity index (χ0n) is 9.39. The Morgan fingerprint density at radius 1 is 1.53 bits per heavy atom. The molecule has 2 heteroatoms. The zero-order chi connectivity index (χ0) is 10.8. The van der Waals surface area contributed by atoms with Crippen molar-refractivity contribution in [3.63, 3.8) is 0 Å². The molecular formula is C13H18FN. The van der Waals surface area contributed by atoms with Gasteiger partial charge in [0.15, 0.2) is 0 Å². The first-order chi connectivity index (χ1) is 7.24. The normalized spacial score (nSPS) is 21.4. The van der Waals surface area contributed by atoms with Gasteiger partial charge < -0.3 is 5.32 Å². The molecule has 0 spiro atoms. The highest BCUT2D eigenvalue weighted by Crippen LogP contribution is 2.36. The topological polar surface area (TPSA) is 12.0 Å². The predicted molar refractivity (Wildman–Crippen MR) is 60.6 cm³/mol. The minimum Gasteiger partial charge on any atom is -0.314 e. The second-order valence-corrected chi connectivity index (χ2v) is 4.30. The summed E-state index contributed by atoms with van der Waals surface area (Å²) in [5.41, 5.74) is 2.15. The van der Waals surface area contributed by atoms with Crippen molar-refractivity contribution in [2.45, 2.75) is 38.6 Å². The van der Waals surface area contributed by atoms with Gasteiger partial charge in [0.2, 0.25) is 0 Å². The molecule has 1 nitrogen and oxygen atoms in total. The van der Waals surface area contributed by atoms with E-state index in [0.717, 1.165) is 24.9 Å². The summed E-state index contributed by atoms with van der Waals surface area (Å²) in [6, 6.07) is 5.91. The van der Waals surface area contributed by atoms with Crippen molar-refractivity contribution < 1.29 is 4.39 Å². The van der Waals surface area contributed by atoms with Crippen LogP contribution in [-0.4, -0.2) is 12.6 Å². The third kappa shape index (κ3) is 1.91. The Morgan fingerprint density at radius 2 is 2.33 bits per heavy atom. The van der Waals surface area contributed by atoms with E-state index in [2.05, 4.69) is 25.2 Å². The maximum absolute atomic E-state index is 13.5. The predicted octanol–water partition coefficient (Wildman–Crippen LogP) is 2.85. The molecule has 2 unspecified atom stereocenters. The van der Waals surface area contributed by atoms with Gasteiger partial charge >= 0.3 is 0 Å². The Bertz CT molecular complexity index is 348. The lowest BCUT2D eigenvalue weighted by Gasteiger charge is -2.21. The van der Waals surface area contributed by atoms with Gasteiger partial charge in [-0.25, -0.2) is 4.39 Å². The number of rotatable bonds is 3. The van der Waals surface area contributed by atoms with E-state index < -0.39 is 0 Å². The molecule has 1 aliphatic carbocycles. The van der Waals surface area contributed by atoms with Gasteiger partial charge in [0.05, 0.1) is 0 Å². The lowest BCUT2D eigenvalue weighted by molar-refractivity contribution is 0.468. The number of hydrogen-bond donors (Lipinski definition) is 1. The van der Waals surface area contributed by atoms with Crippen LogP contribution in [0.1, 0.15) is 37.3 Å². The van der Waals surface area contributed by atoms with Crippen molar-refractivity contribution in [1.29, 1.82) is 0 Å². The Hall–Kier alpha value is -0.890. The highest BCUT2D eigenvalue weighted by molar-refractivity contribution is 5.37. The number of nitrogens with one attached hydrogen (secondary N) is 1. The fourth-order valence-corrected chi connectivity index (χ4v) is 2.63. The summed E-state index contributed by atoms with van der Waals surface area (Å²) in [5.74, 6) is 0.453. The second kappa shape index (κ2) is 4.31. The van der Waals surface area contributed by atoms with Crippen LogP contribution in [-0.2, 0) is 6.42 Å². The Kier molecular flexibility index (Phi) is 3.06. The number of halogens is 1. The molecule has 0 bridgehead atoms. The summed E-state index contributed by atoms with van der Waals surface area (Å²) in [7, 11) is 0. The maximum atomic E-state index is 13.5. The summed E-state index contributed by atoms with van der Waals surface area (Å²) in [6.07, 6.45) is 1.97. The van der Waals surface area contributed by atoms with Gasteiger partial charge in [0.1, 0.15) is 5.82 Å². The van der Waals surface area contributed by atoms with Crippen LogP contribution in [0.15, 0.2) is 18.2 Å². The number of likely N-dealkylation sites (N-methyl/N-ethyl adjacent to an activating group) is 1. The van der Waals surface area contributed by atoms with Gasteiger partial charge in [0.25, 0.3) is 0 Å². The lowest BCUT2D eigenvalue weighted by Crippen LogP contribution is -2.30. The number of fused-ring (bicyclic) bond motifs is 1. The molecule has 82 valence electrons. The van der Waals surface area contributed by atoms with Crippen molar-refractivity contribution in [3.05, 3.63) is 35.1 Å². The first kappa shape index (κ1) is 10.6. The van der Waals surface area contributed by atoms with Crippen LogP contribution in [0.25, 0.3) is 0 Å². The van der Waals surface area contributed by atoms with Gasteiger partial charge in [-0.15, -0.1) is 0 Å². The molecule has 0 aliphatic heterocycles. The zero-order valence-corrected chi connectivity index (χ0v) is 9.39. The van der Waals surface area contributed by atoms with E-state index in [-0.39, 0.29) is 5.82 Å². The molecule has 2 atom stereocenters. The molecule has 0 fully saturated rings. The molecule has 15 heavy (non-hydrogen) atoms. The monoisotopic (exact) mass is 207 g/mol. The standard InChI is InChI=1S/C13H18FN/c1-3-15-9(2)10-7-8-12-11(10)5-4-6-13(12)14/h4-6,9-10,15H,3,7-8H2,1-2H3. The fourth-order valence-electron chi connectivity index (χ4n) is 2.63. The molecule has 0 radical (unpaired) electrons. The van der Waals surface area contributed by atoms with Crippen LogP contribution >= 0.6 is 0 Å². The molecule has 1 aliphatic rings. The molecule has 0 saturated carbocycles. The first-order valence-electron chi connectivity index (χ1n) is 5.74. The van der Waals surface area contributed by atoms with E-state index in [1.807, 2.05) is 6.07 Å². The van der Waals surface area contributed by atoms with Gasteiger partial charge in [-0.2, -0.15) is 0 Å². The number of hydrogen-bond acceptors (Lipinski definition) is 1. The average Bonchev–Trinajstić information content (AvgIpc) is 2.63. The third-order valence-electron chi connectivity index (χ3n) is 3.39. The van der Waals surface area contributed by atoms with Crippen LogP contribution in [0.4, 0.5) is 4.39 Å². The van der Waals surface area contributed by atoms with Gasteiger partial charge in [-0.3, -0.25) is 0 Å². The summed E-state index contributed by atoms with van der Waals surface area (Å²) < 4.78 is 13.5. The SMILES string of the molecule is CCNC(C)C1CCc2c(F)cccc21. The van der Waals surface area contributed by atoms with E-state index in [9.17, 15) is 4.39 Å². The van der Waals surface area contributed by atoms with E-state index in [1.54, 1.807) is 6.07 Å². The van der Waals surface area contributed by atoms with E-state index in [1.165, 1.54) is 5.56 Å².